The average molecular weight is 535 g/mol. The summed E-state index contributed by atoms with van der Waals surface area (Å²) in [5.41, 5.74) is 0.739. The van der Waals surface area contributed by atoms with Gasteiger partial charge in [-0.25, -0.2) is 0 Å². The molecule has 0 unspecified atom stereocenters. The van der Waals surface area contributed by atoms with E-state index in [1.54, 1.807) is 42.6 Å². The van der Waals surface area contributed by atoms with Gasteiger partial charge in [0, 0.05) is 39.2 Å². The number of pyridine rings is 1. The van der Waals surface area contributed by atoms with E-state index in [1.165, 1.54) is 26.7 Å². The van der Waals surface area contributed by atoms with Crippen molar-refractivity contribution < 1.29 is 9.59 Å². The lowest BCUT2D eigenvalue weighted by Gasteiger charge is -2.18. The predicted octanol–water partition coefficient (Wildman–Crippen LogP) is 6.25. The molecule has 3 aromatic heterocycles. The molecular weight excluding hydrogens is 508 g/mol. The van der Waals surface area contributed by atoms with Gasteiger partial charge in [-0.05, 0) is 18.2 Å². The number of ketones is 1. The van der Waals surface area contributed by atoms with Crippen LogP contribution in [0.2, 0.25) is 4.34 Å². The van der Waals surface area contributed by atoms with Crippen LogP contribution in [0.1, 0.15) is 46.4 Å². The van der Waals surface area contributed by atoms with Crippen LogP contribution in [0.3, 0.4) is 0 Å². The molecule has 0 atom stereocenters. The smallest absolute Gasteiger partial charge is 0.258 e. The van der Waals surface area contributed by atoms with Gasteiger partial charge in [-0.3, -0.25) is 14.4 Å². The molecule has 0 aliphatic heterocycles. The summed E-state index contributed by atoms with van der Waals surface area (Å²) in [6.45, 7) is 9.62. The molecule has 0 amide bonds. The van der Waals surface area contributed by atoms with Crippen LogP contribution in [0.25, 0.3) is 17.3 Å². The first-order valence-electron chi connectivity index (χ1n) is 11.7. The van der Waals surface area contributed by atoms with Crippen LogP contribution in [-0.2, 0) is 13.1 Å². The van der Waals surface area contributed by atoms with Crippen molar-refractivity contribution >= 4 is 46.5 Å². The van der Waals surface area contributed by atoms with Crippen LogP contribution >= 0.6 is 22.9 Å². The van der Waals surface area contributed by atoms with Crippen molar-refractivity contribution in [1.29, 1.82) is 0 Å². The van der Waals surface area contributed by atoms with Crippen molar-refractivity contribution in [2.24, 2.45) is 5.41 Å². The first-order chi connectivity index (χ1) is 17.6. The number of halogens is 1. The SMILES string of the molecule is C=Cc1c(-c2cc(NCc3ccc(Cl)s3)n(C(=O)C(C)(C)C)n2)ccn(CC(=O)c2ccccc2)c1=O. The van der Waals surface area contributed by atoms with E-state index in [9.17, 15) is 14.4 Å². The van der Waals surface area contributed by atoms with E-state index in [0.717, 1.165) is 4.88 Å². The maximum absolute atomic E-state index is 13.3. The number of carbonyl (C=O) groups excluding carboxylic acids is 2. The Morgan fingerprint density at radius 1 is 1.14 bits per heavy atom. The standard InChI is InChI=1S/C28H27ClN4O3S/c1-5-20-21(13-14-32(26(20)35)17-23(34)18-9-7-6-8-10-18)22-15-25(30-16-19-11-12-24(29)37-19)33(31-22)27(36)28(2,3)4/h5-15,30H,1,16-17H2,2-4H3. The Bertz CT molecular complexity index is 1530. The summed E-state index contributed by atoms with van der Waals surface area (Å²) < 4.78 is 3.37. The minimum Gasteiger partial charge on any atom is -0.365 e. The zero-order chi connectivity index (χ0) is 26.7. The third kappa shape index (κ3) is 5.81. The Balaban J connectivity index is 1.70. The van der Waals surface area contributed by atoms with Crippen LogP contribution in [-0.4, -0.2) is 26.0 Å². The summed E-state index contributed by atoms with van der Waals surface area (Å²) in [6, 6.07) is 16.0. The van der Waals surface area contributed by atoms with Crippen molar-refractivity contribution in [3.8, 4) is 11.3 Å². The second-order valence-electron chi connectivity index (χ2n) is 9.51. The minimum atomic E-state index is -0.686. The number of Topliss-reactive ketones (excluding diaryl/α,β-unsaturated/α-hetero) is 1. The third-order valence-corrected chi connectivity index (χ3v) is 6.94. The van der Waals surface area contributed by atoms with Crippen LogP contribution in [0.15, 0.2) is 72.2 Å². The van der Waals surface area contributed by atoms with E-state index in [4.69, 9.17) is 11.6 Å². The van der Waals surface area contributed by atoms with Crippen molar-refractivity contribution in [2.75, 3.05) is 5.32 Å². The number of anilines is 1. The minimum absolute atomic E-state index is 0.100. The van der Waals surface area contributed by atoms with Gasteiger partial charge < -0.3 is 9.88 Å². The highest BCUT2D eigenvalue weighted by molar-refractivity contribution is 7.16. The van der Waals surface area contributed by atoms with E-state index in [0.29, 0.717) is 39.1 Å². The average Bonchev–Trinajstić information content (AvgIpc) is 3.49. The number of aromatic nitrogens is 3. The number of thiophene rings is 1. The molecule has 1 aromatic carbocycles. The molecule has 9 heteroatoms. The van der Waals surface area contributed by atoms with E-state index in [-0.39, 0.29) is 23.8 Å². The highest BCUT2D eigenvalue weighted by atomic mass is 35.5. The van der Waals surface area contributed by atoms with Crippen molar-refractivity contribution in [3.63, 3.8) is 0 Å². The Morgan fingerprint density at radius 3 is 2.49 bits per heavy atom. The molecule has 4 rings (SSSR count). The summed E-state index contributed by atoms with van der Waals surface area (Å²) in [5, 5.41) is 7.84. The van der Waals surface area contributed by atoms with Gasteiger partial charge in [0.15, 0.2) is 5.78 Å². The van der Waals surface area contributed by atoms with Gasteiger partial charge in [0.2, 0.25) is 0 Å². The second kappa shape index (κ2) is 10.7. The maximum Gasteiger partial charge on any atom is 0.258 e. The number of rotatable bonds is 8. The number of hydrogen-bond acceptors (Lipinski definition) is 6. The molecule has 3 heterocycles. The monoisotopic (exact) mass is 534 g/mol. The van der Waals surface area contributed by atoms with Gasteiger partial charge in [0.05, 0.1) is 23.1 Å². The molecule has 0 spiro atoms. The third-order valence-electron chi connectivity index (χ3n) is 5.71. The quantitative estimate of drug-likeness (QED) is 0.270. The van der Waals surface area contributed by atoms with Crippen molar-refractivity contribution in [3.05, 3.63) is 98.1 Å². The number of hydrogen-bond donors (Lipinski definition) is 1. The number of benzene rings is 1. The van der Waals surface area contributed by atoms with Crippen LogP contribution in [0.5, 0.6) is 0 Å². The van der Waals surface area contributed by atoms with Gasteiger partial charge in [-0.1, -0.05) is 75.4 Å². The van der Waals surface area contributed by atoms with Crippen molar-refractivity contribution in [1.82, 2.24) is 14.3 Å². The molecule has 1 N–H and O–H groups in total. The lowest BCUT2D eigenvalue weighted by molar-refractivity contribution is 0.0752. The van der Waals surface area contributed by atoms with E-state index in [2.05, 4.69) is 17.0 Å². The molecule has 4 aromatic rings. The molecule has 0 aliphatic carbocycles. The summed E-state index contributed by atoms with van der Waals surface area (Å²) in [5.74, 6) is 0.121. The summed E-state index contributed by atoms with van der Waals surface area (Å²) in [6.07, 6.45) is 3.02. The largest absolute Gasteiger partial charge is 0.365 e. The molecule has 37 heavy (non-hydrogen) atoms. The Labute approximate surface area is 224 Å². The Hall–Kier alpha value is -3.75. The molecule has 0 saturated heterocycles. The molecule has 0 aliphatic rings. The summed E-state index contributed by atoms with van der Waals surface area (Å²) in [7, 11) is 0. The first kappa shape index (κ1) is 26.3. The summed E-state index contributed by atoms with van der Waals surface area (Å²) in [4.78, 5) is 40.1. The van der Waals surface area contributed by atoms with Crippen molar-refractivity contribution in [2.45, 2.75) is 33.9 Å². The molecule has 0 fully saturated rings. The van der Waals surface area contributed by atoms with Gasteiger partial charge in [-0.15, -0.1) is 11.3 Å². The van der Waals surface area contributed by atoms with Crippen LogP contribution < -0.4 is 10.9 Å². The zero-order valence-corrected chi connectivity index (χ0v) is 22.4. The van der Waals surface area contributed by atoms with Gasteiger partial charge in [-0.2, -0.15) is 9.78 Å². The van der Waals surface area contributed by atoms with Crippen LogP contribution in [0, 0.1) is 5.41 Å². The summed E-state index contributed by atoms with van der Waals surface area (Å²) >= 11 is 7.50. The predicted molar refractivity (Wildman–Crippen MR) is 150 cm³/mol. The maximum atomic E-state index is 13.3. The molecule has 190 valence electrons. The van der Waals surface area contributed by atoms with Crippen LogP contribution in [0.4, 0.5) is 5.82 Å². The normalized spacial score (nSPS) is 11.4. The van der Waals surface area contributed by atoms with Gasteiger partial charge >= 0.3 is 0 Å². The number of carbonyl (C=O) groups is 2. The topological polar surface area (TPSA) is 86.0 Å². The van der Waals surface area contributed by atoms with E-state index < -0.39 is 5.41 Å². The highest BCUT2D eigenvalue weighted by Crippen LogP contribution is 2.29. The van der Waals surface area contributed by atoms with E-state index >= 15 is 0 Å². The van der Waals surface area contributed by atoms with Gasteiger partial charge in [0.25, 0.3) is 11.5 Å². The Kier molecular flexibility index (Phi) is 7.61. The van der Waals surface area contributed by atoms with Gasteiger partial charge in [0.1, 0.15) is 5.82 Å². The molecular formula is C28H27ClN4O3S. The molecule has 0 radical (unpaired) electrons. The zero-order valence-electron chi connectivity index (χ0n) is 20.8. The Morgan fingerprint density at radius 2 is 1.86 bits per heavy atom. The fourth-order valence-corrected chi connectivity index (χ4v) is 4.77. The number of nitrogens with zero attached hydrogens (tertiary/aromatic N) is 3. The lowest BCUT2D eigenvalue weighted by atomic mass is 9.96. The fourth-order valence-electron chi connectivity index (χ4n) is 3.74. The second-order valence-corrected chi connectivity index (χ2v) is 11.3. The molecule has 7 nitrogen and oxygen atoms in total. The highest BCUT2D eigenvalue weighted by Gasteiger charge is 2.27. The van der Waals surface area contributed by atoms with E-state index in [1.807, 2.05) is 39.0 Å². The molecule has 0 bridgehead atoms. The fraction of sp³-hybridized carbons (Fsp3) is 0.214. The lowest BCUT2D eigenvalue weighted by Crippen LogP contribution is -2.29. The first-order valence-corrected chi connectivity index (χ1v) is 12.9. The number of nitrogens with one attached hydrogen (secondary N) is 1. The molecule has 0 saturated carbocycles.